The fourth-order valence-corrected chi connectivity index (χ4v) is 5.67. The van der Waals surface area contributed by atoms with Gasteiger partial charge in [0, 0.05) is 29.9 Å². The number of fused-ring (bicyclic) bond motifs is 1. The molecule has 226 valence electrons. The first-order valence-corrected chi connectivity index (χ1v) is 15.1. The number of benzene rings is 5. The van der Waals surface area contributed by atoms with Gasteiger partial charge < -0.3 is 24.6 Å². The van der Waals surface area contributed by atoms with Crippen molar-refractivity contribution in [1.29, 1.82) is 0 Å². The van der Waals surface area contributed by atoms with E-state index in [4.69, 9.17) is 9.47 Å². The molecule has 5 aromatic rings. The van der Waals surface area contributed by atoms with E-state index in [-0.39, 0.29) is 11.8 Å². The number of para-hydroxylation sites is 4. The molecule has 1 aliphatic heterocycles. The monoisotopic (exact) mass is 597 g/mol. The van der Waals surface area contributed by atoms with Crippen molar-refractivity contribution < 1.29 is 19.1 Å². The lowest BCUT2D eigenvalue weighted by Crippen LogP contribution is -2.31. The lowest BCUT2D eigenvalue weighted by atomic mass is 9.99. The highest BCUT2D eigenvalue weighted by atomic mass is 16.5. The van der Waals surface area contributed by atoms with E-state index >= 15 is 0 Å². The first kappa shape index (κ1) is 29.5. The van der Waals surface area contributed by atoms with Crippen molar-refractivity contribution >= 4 is 28.9 Å². The molecule has 1 N–H and O–H groups in total. The Labute approximate surface area is 263 Å². The standard InChI is InChI=1S/C38H35N3O4/c1-44-35-18-9-10-19-36(35)45-27-26-40-24-11-25-41(34-17-8-7-16-33(34)40)38(43)29-20-22-30(23-21-29)39-37(42)32-15-6-5-14-31(32)28-12-3-2-4-13-28/h2-10,12-23H,11,24-27H2,1H3,(H,39,42). The molecule has 6 rings (SSSR count). The molecule has 1 heterocycles. The Balaban J connectivity index is 1.14. The maximum absolute atomic E-state index is 13.8. The van der Waals surface area contributed by atoms with Gasteiger partial charge in [-0.3, -0.25) is 9.59 Å². The van der Waals surface area contributed by atoms with Crippen LogP contribution in [0.1, 0.15) is 27.1 Å². The summed E-state index contributed by atoms with van der Waals surface area (Å²) in [6.45, 7) is 2.53. The highest BCUT2D eigenvalue weighted by Crippen LogP contribution is 2.34. The van der Waals surface area contributed by atoms with Crippen molar-refractivity contribution in [2.24, 2.45) is 0 Å². The molecule has 0 saturated heterocycles. The zero-order valence-corrected chi connectivity index (χ0v) is 25.2. The first-order valence-electron chi connectivity index (χ1n) is 15.1. The first-order chi connectivity index (χ1) is 22.1. The molecule has 0 radical (unpaired) electrons. The fourth-order valence-electron chi connectivity index (χ4n) is 5.67. The van der Waals surface area contributed by atoms with Gasteiger partial charge in [0.1, 0.15) is 6.61 Å². The summed E-state index contributed by atoms with van der Waals surface area (Å²) in [5.74, 6) is 1.12. The van der Waals surface area contributed by atoms with Crippen LogP contribution >= 0.6 is 0 Å². The number of nitrogens with zero attached hydrogens (tertiary/aromatic N) is 2. The second kappa shape index (κ2) is 13.8. The number of anilines is 3. The Morgan fingerprint density at radius 3 is 2.16 bits per heavy atom. The molecule has 0 atom stereocenters. The number of hydrogen-bond acceptors (Lipinski definition) is 5. The van der Waals surface area contributed by atoms with Crippen LogP contribution in [0.4, 0.5) is 17.1 Å². The van der Waals surface area contributed by atoms with Crippen molar-refractivity contribution in [3.63, 3.8) is 0 Å². The number of hydrogen-bond donors (Lipinski definition) is 1. The normalized spacial score (nSPS) is 12.6. The van der Waals surface area contributed by atoms with Gasteiger partial charge in [-0.05, 0) is 72.1 Å². The minimum absolute atomic E-state index is 0.0816. The van der Waals surface area contributed by atoms with Gasteiger partial charge >= 0.3 is 0 Å². The molecule has 0 saturated carbocycles. The Morgan fingerprint density at radius 2 is 1.38 bits per heavy atom. The van der Waals surface area contributed by atoms with E-state index in [1.165, 1.54) is 0 Å². The minimum Gasteiger partial charge on any atom is -0.493 e. The molecule has 0 spiro atoms. The van der Waals surface area contributed by atoms with Gasteiger partial charge in [-0.2, -0.15) is 0 Å². The molecule has 1 aliphatic rings. The second-order valence-corrected chi connectivity index (χ2v) is 10.7. The highest BCUT2D eigenvalue weighted by molar-refractivity contribution is 6.10. The third kappa shape index (κ3) is 6.68. The van der Waals surface area contributed by atoms with E-state index in [0.29, 0.717) is 48.0 Å². The van der Waals surface area contributed by atoms with Crippen LogP contribution in [0, 0.1) is 0 Å². The van der Waals surface area contributed by atoms with Gasteiger partial charge in [-0.15, -0.1) is 0 Å². The van der Waals surface area contributed by atoms with Crippen LogP contribution in [-0.2, 0) is 0 Å². The van der Waals surface area contributed by atoms with Crippen molar-refractivity contribution in [1.82, 2.24) is 0 Å². The zero-order chi connectivity index (χ0) is 31.0. The Hall–Kier alpha value is -5.56. The van der Waals surface area contributed by atoms with Crippen LogP contribution in [0.25, 0.3) is 11.1 Å². The Bertz CT molecular complexity index is 1770. The Morgan fingerprint density at radius 1 is 0.711 bits per heavy atom. The number of nitrogens with one attached hydrogen (secondary N) is 1. The molecule has 0 aromatic heterocycles. The molecule has 7 heteroatoms. The summed E-state index contributed by atoms with van der Waals surface area (Å²) in [5.41, 5.74) is 5.47. The molecule has 45 heavy (non-hydrogen) atoms. The van der Waals surface area contributed by atoms with E-state index in [2.05, 4.69) is 16.3 Å². The molecule has 0 aliphatic carbocycles. The highest BCUT2D eigenvalue weighted by Gasteiger charge is 2.25. The third-order valence-corrected chi connectivity index (χ3v) is 7.90. The van der Waals surface area contributed by atoms with Crippen LogP contribution in [-0.4, -0.2) is 45.2 Å². The number of carbonyl (C=O) groups excluding carboxylic acids is 2. The average molecular weight is 598 g/mol. The van der Waals surface area contributed by atoms with Crippen molar-refractivity contribution in [2.75, 3.05) is 48.5 Å². The van der Waals surface area contributed by atoms with Crippen LogP contribution in [0.15, 0.2) is 127 Å². The summed E-state index contributed by atoms with van der Waals surface area (Å²) in [6, 6.07) is 40.1. The second-order valence-electron chi connectivity index (χ2n) is 10.7. The predicted octanol–water partition coefficient (Wildman–Crippen LogP) is 7.55. The van der Waals surface area contributed by atoms with E-state index in [9.17, 15) is 9.59 Å². The van der Waals surface area contributed by atoms with Gasteiger partial charge in [0.15, 0.2) is 11.5 Å². The van der Waals surface area contributed by atoms with E-state index in [0.717, 1.165) is 35.5 Å². The number of rotatable bonds is 9. The Kier molecular flexibility index (Phi) is 9.06. The number of ether oxygens (including phenoxy) is 2. The van der Waals surface area contributed by atoms with Gasteiger partial charge in [-0.25, -0.2) is 0 Å². The summed E-state index contributed by atoms with van der Waals surface area (Å²) in [5, 5.41) is 2.99. The van der Waals surface area contributed by atoms with Crippen LogP contribution in [0.3, 0.4) is 0 Å². The average Bonchev–Trinajstić information content (AvgIpc) is 3.28. The summed E-state index contributed by atoms with van der Waals surface area (Å²) in [6.07, 6.45) is 0.810. The van der Waals surface area contributed by atoms with Crippen LogP contribution < -0.4 is 24.6 Å². The van der Waals surface area contributed by atoms with Crippen LogP contribution in [0.2, 0.25) is 0 Å². The zero-order valence-electron chi connectivity index (χ0n) is 25.2. The molecule has 7 nitrogen and oxygen atoms in total. The summed E-state index contributed by atoms with van der Waals surface area (Å²) in [7, 11) is 1.63. The quantitative estimate of drug-likeness (QED) is 0.190. The number of amides is 2. The maximum Gasteiger partial charge on any atom is 0.258 e. The molecular formula is C38H35N3O4. The lowest BCUT2D eigenvalue weighted by Gasteiger charge is -2.27. The van der Waals surface area contributed by atoms with Crippen LogP contribution in [0.5, 0.6) is 11.5 Å². The lowest BCUT2D eigenvalue weighted by molar-refractivity contribution is 0.0986. The topological polar surface area (TPSA) is 71.1 Å². The summed E-state index contributed by atoms with van der Waals surface area (Å²) < 4.78 is 11.5. The van der Waals surface area contributed by atoms with Gasteiger partial charge in [0.2, 0.25) is 0 Å². The van der Waals surface area contributed by atoms with E-state index in [1.807, 2.05) is 102 Å². The van der Waals surface area contributed by atoms with E-state index in [1.54, 1.807) is 31.4 Å². The molecular weight excluding hydrogens is 562 g/mol. The maximum atomic E-state index is 13.8. The third-order valence-electron chi connectivity index (χ3n) is 7.90. The summed E-state index contributed by atoms with van der Waals surface area (Å²) in [4.78, 5) is 31.2. The van der Waals surface area contributed by atoms with Crippen molar-refractivity contribution in [3.05, 3.63) is 139 Å². The fraction of sp³-hybridized carbons (Fsp3) is 0.158. The molecule has 0 unspecified atom stereocenters. The SMILES string of the molecule is COc1ccccc1OCCN1CCCN(C(=O)c2ccc(NC(=O)c3ccccc3-c3ccccc3)cc2)c2ccccc21. The van der Waals surface area contributed by atoms with Gasteiger partial charge in [0.25, 0.3) is 11.8 Å². The van der Waals surface area contributed by atoms with Crippen molar-refractivity contribution in [3.8, 4) is 22.6 Å². The smallest absolute Gasteiger partial charge is 0.258 e. The molecule has 0 fully saturated rings. The summed E-state index contributed by atoms with van der Waals surface area (Å²) >= 11 is 0. The number of carbonyl (C=O) groups is 2. The molecule has 2 amide bonds. The minimum atomic E-state index is -0.204. The van der Waals surface area contributed by atoms with E-state index < -0.39 is 0 Å². The van der Waals surface area contributed by atoms with Gasteiger partial charge in [-0.1, -0.05) is 72.8 Å². The predicted molar refractivity (Wildman–Crippen MR) is 180 cm³/mol. The largest absolute Gasteiger partial charge is 0.493 e. The van der Waals surface area contributed by atoms with Gasteiger partial charge in [0.05, 0.1) is 25.0 Å². The number of methoxy groups -OCH3 is 1. The molecule has 0 bridgehead atoms. The molecule has 5 aromatic carbocycles. The van der Waals surface area contributed by atoms with Crippen molar-refractivity contribution in [2.45, 2.75) is 6.42 Å².